The van der Waals surface area contributed by atoms with Crippen molar-refractivity contribution in [3.63, 3.8) is 0 Å². The molecule has 0 saturated carbocycles. The largest absolute Gasteiger partial charge is 0.342 e. The molecule has 1 saturated heterocycles. The van der Waals surface area contributed by atoms with Gasteiger partial charge in [-0.3, -0.25) is 9.78 Å². The van der Waals surface area contributed by atoms with Crippen LogP contribution in [0.1, 0.15) is 13.3 Å². The minimum Gasteiger partial charge on any atom is -0.342 e. The van der Waals surface area contributed by atoms with E-state index in [2.05, 4.69) is 11.9 Å². The Morgan fingerprint density at radius 2 is 2.21 bits per heavy atom. The summed E-state index contributed by atoms with van der Waals surface area (Å²) < 4.78 is 0. The zero-order valence-electron chi connectivity index (χ0n) is 11.0. The maximum absolute atomic E-state index is 12.1. The molecule has 2 N–H and O–H groups in total. The topological polar surface area (TPSA) is 59.2 Å². The number of nitrogens with zero attached hydrogens (tertiary/aromatic N) is 2. The molecule has 1 aliphatic rings. The van der Waals surface area contributed by atoms with Crippen molar-refractivity contribution in [3.8, 4) is 0 Å². The third-order valence-electron chi connectivity index (χ3n) is 3.34. The first kappa shape index (κ1) is 16.3. The summed E-state index contributed by atoms with van der Waals surface area (Å²) in [6.07, 6.45) is 4.40. The van der Waals surface area contributed by atoms with E-state index in [1.807, 2.05) is 17.0 Å². The van der Waals surface area contributed by atoms with E-state index in [0.29, 0.717) is 11.7 Å². The molecular formula is C13H20ClN3OS. The number of carbonyl (C=O) groups is 1. The predicted octanol–water partition coefficient (Wildman–Crippen LogP) is 1.79. The van der Waals surface area contributed by atoms with Gasteiger partial charge in [0.05, 0.1) is 5.75 Å². The zero-order chi connectivity index (χ0) is 13.0. The second kappa shape index (κ2) is 7.72. The van der Waals surface area contributed by atoms with Crippen LogP contribution in [0.2, 0.25) is 0 Å². The van der Waals surface area contributed by atoms with Gasteiger partial charge in [-0.2, -0.15) is 0 Å². The average molecular weight is 302 g/mol. The normalized spacial score (nSPS) is 22.7. The Kier molecular flexibility index (Phi) is 6.62. The highest BCUT2D eigenvalue weighted by molar-refractivity contribution is 8.00. The summed E-state index contributed by atoms with van der Waals surface area (Å²) in [6, 6.07) is 4.08. The molecule has 2 heterocycles. The van der Waals surface area contributed by atoms with Crippen molar-refractivity contribution >= 4 is 30.1 Å². The molecule has 0 aliphatic carbocycles. The van der Waals surface area contributed by atoms with Crippen LogP contribution in [0.15, 0.2) is 29.4 Å². The number of amides is 1. The number of piperidine rings is 1. The van der Waals surface area contributed by atoms with Crippen LogP contribution in [0.5, 0.6) is 0 Å². The number of nitrogens with two attached hydrogens (primary N) is 1. The summed E-state index contributed by atoms with van der Waals surface area (Å²) in [5.41, 5.74) is 5.96. The maximum Gasteiger partial charge on any atom is 0.232 e. The lowest BCUT2D eigenvalue weighted by atomic mass is 9.95. The molecule has 106 valence electrons. The molecule has 1 aromatic heterocycles. The van der Waals surface area contributed by atoms with E-state index >= 15 is 0 Å². The van der Waals surface area contributed by atoms with E-state index in [-0.39, 0.29) is 24.4 Å². The van der Waals surface area contributed by atoms with E-state index in [1.165, 1.54) is 0 Å². The van der Waals surface area contributed by atoms with Crippen LogP contribution in [0.3, 0.4) is 0 Å². The Morgan fingerprint density at radius 3 is 2.84 bits per heavy atom. The molecule has 6 heteroatoms. The number of likely N-dealkylation sites (tertiary alicyclic amines) is 1. The molecule has 19 heavy (non-hydrogen) atoms. The molecule has 1 fully saturated rings. The summed E-state index contributed by atoms with van der Waals surface area (Å²) in [5, 5.41) is 0. The van der Waals surface area contributed by atoms with Crippen molar-refractivity contribution in [2.75, 3.05) is 18.8 Å². The van der Waals surface area contributed by atoms with Gasteiger partial charge in [0, 0.05) is 36.4 Å². The summed E-state index contributed by atoms with van der Waals surface area (Å²) in [5.74, 6) is 1.09. The number of hydrogen-bond acceptors (Lipinski definition) is 4. The van der Waals surface area contributed by atoms with Crippen LogP contribution in [-0.4, -0.2) is 40.7 Å². The molecule has 2 atom stereocenters. The number of hydrogen-bond donors (Lipinski definition) is 1. The Labute approximate surface area is 124 Å². The maximum atomic E-state index is 12.1. The molecule has 2 unspecified atom stereocenters. The molecule has 0 aromatic carbocycles. The lowest BCUT2D eigenvalue weighted by Crippen LogP contribution is -2.48. The van der Waals surface area contributed by atoms with E-state index in [9.17, 15) is 4.79 Å². The Balaban J connectivity index is 0.00000180. The van der Waals surface area contributed by atoms with Crippen LogP contribution in [0.4, 0.5) is 0 Å². The first-order chi connectivity index (χ1) is 8.66. The van der Waals surface area contributed by atoms with Crippen molar-refractivity contribution in [3.05, 3.63) is 24.5 Å². The van der Waals surface area contributed by atoms with Crippen LogP contribution < -0.4 is 5.73 Å². The highest BCUT2D eigenvalue weighted by Gasteiger charge is 2.25. The Bertz CT molecular complexity index is 404. The van der Waals surface area contributed by atoms with Crippen LogP contribution in [0, 0.1) is 5.92 Å². The van der Waals surface area contributed by atoms with Gasteiger partial charge in [-0.1, -0.05) is 6.92 Å². The summed E-state index contributed by atoms with van der Waals surface area (Å²) >= 11 is 1.56. The van der Waals surface area contributed by atoms with Crippen molar-refractivity contribution in [1.82, 2.24) is 9.88 Å². The molecule has 1 aromatic rings. The molecular weight excluding hydrogens is 282 g/mol. The summed E-state index contributed by atoms with van der Waals surface area (Å²) in [6.45, 7) is 3.69. The molecule has 1 aliphatic heterocycles. The third kappa shape index (κ3) is 4.67. The van der Waals surface area contributed by atoms with Gasteiger partial charge >= 0.3 is 0 Å². The number of rotatable bonds is 3. The van der Waals surface area contributed by atoms with Crippen molar-refractivity contribution in [2.24, 2.45) is 11.7 Å². The lowest BCUT2D eigenvalue weighted by molar-refractivity contribution is -0.130. The monoisotopic (exact) mass is 301 g/mol. The summed E-state index contributed by atoms with van der Waals surface area (Å²) in [7, 11) is 0. The minimum atomic E-state index is 0. The van der Waals surface area contributed by atoms with Gasteiger partial charge in [0.25, 0.3) is 0 Å². The molecule has 1 amide bonds. The summed E-state index contributed by atoms with van der Waals surface area (Å²) in [4.78, 5) is 19.0. The van der Waals surface area contributed by atoms with Gasteiger partial charge in [-0.25, -0.2) is 0 Å². The lowest BCUT2D eigenvalue weighted by Gasteiger charge is -2.35. The van der Waals surface area contributed by atoms with Crippen molar-refractivity contribution < 1.29 is 4.79 Å². The second-order valence-corrected chi connectivity index (χ2v) is 5.79. The second-order valence-electron chi connectivity index (χ2n) is 4.74. The van der Waals surface area contributed by atoms with Crippen molar-refractivity contribution in [1.29, 1.82) is 0 Å². The van der Waals surface area contributed by atoms with E-state index in [4.69, 9.17) is 5.73 Å². The van der Waals surface area contributed by atoms with E-state index in [1.54, 1.807) is 24.2 Å². The minimum absolute atomic E-state index is 0. The average Bonchev–Trinajstić information content (AvgIpc) is 2.40. The molecule has 0 radical (unpaired) electrons. The third-order valence-corrected chi connectivity index (χ3v) is 4.33. The Hall–Kier alpha value is -0.780. The van der Waals surface area contributed by atoms with Gasteiger partial charge in [-0.15, -0.1) is 24.2 Å². The first-order valence-electron chi connectivity index (χ1n) is 6.23. The molecule has 0 bridgehead atoms. The molecule has 2 rings (SSSR count). The van der Waals surface area contributed by atoms with Crippen LogP contribution >= 0.6 is 24.2 Å². The smallest absolute Gasteiger partial charge is 0.232 e. The van der Waals surface area contributed by atoms with Gasteiger partial charge < -0.3 is 10.6 Å². The van der Waals surface area contributed by atoms with Gasteiger partial charge in [-0.05, 0) is 24.5 Å². The number of halogens is 1. The fourth-order valence-corrected chi connectivity index (χ4v) is 2.85. The molecule has 4 nitrogen and oxygen atoms in total. The fraction of sp³-hybridized carbons (Fsp3) is 0.538. The SMILES string of the molecule is CC1CN(C(=O)CSc2ccncc2)CCC1N.Cl. The number of aromatic nitrogens is 1. The van der Waals surface area contributed by atoms with Crippen LogP contribution in [-0.2, 0) is 4.79 Å². The predicted molar refractivity (Wildman–Crippen MR) is 80.5 cm³/mol. The molecule has 0 spiro atoms. The first-order valence-corrected chi connectivity index (χ1v) is 7.21. The zero-order valence-corrected chi connectivity index (χ0v) is 12.6. The standard InChI is InChI=1S/C13H19N3OS.ClH/c1-10-8-16(7-4-12(10)14)13(17)9-18-11-2-5-15-6-3-11;/h2-3,5-6,10,12H,4,7-9,14H2,1H3;1H. The Morgan fingerprint density at radius 1 is 1.53 bits per heavy atom. The number of thioether (sulfide) groups is 1. The fourth-order valence-electron chi connectivity index (χ4n) is 2.06. The van der Waals surface area contributed by atoms with Gasteiger partial charge in [0.2, 0.25) is 5.91 Å². The van der Waals surface area contributed by atoms with Gasteiger partial charge in [0.1, 0.15) is 0 Å². The number of carbonyl (C=O) groups excluding carboxylic acids is 1. The van der Waals surface area contributed by atoms with Crippen LogP contribution in [0.25, 0.3) is 0 Å². The van der Waals surface area contributed by atoms with Crippen molar-refractivity contribution in [2.45, 2.75) is 24.3 Å². The number of pyridine rings is 1. The highest BCUT2D eigenvalue weighted by atomic mass is 35.5. The van der Waals surface area contributed by atoms with E-state index < -0.39 is 0 Å². The van der Waals surface area contributed by atoms with E-state index in [0.717, 1.165) is 24.4 Å². The highest BCUT2D eigenvalue weighted by Crippen LogP contribution is 2.19. The van der Waals surface area contributed by atoms with Gasteiger partial charge in [0.15, 0.2) is 0 Å². The quantitative estimate of drug-likeness (QED) is 0.865.